The van der Waals surface area contributed by atoms with Crippen molar-refractivity contribution in [2.24, 2.45) is 7.05 Å². The van der Waals surface area contributed by atoms with Gasteiger partial charge in [0.2, 0.25) is 0 Å². The van der Waals surface area contributed by atoms with Crippen LogP contribution in [0.4, 0.5) is 5.82 Å². The van der Waals surface area contributed by atoms with Gasteiger partial charge in [0.05, 0.1) is 12.0 Å². The lowest BCUT2D eigenvalue weighted by molar-refractivity contribution is 0.227. The normalized spacial score (nSPS) is 23.0. The summed E-state index contributed by atoms with van der Waals surface area (Å²) in [6, 6.07) is 5.18. The van der Waals surface area contributed by atoms with Gasteiger partial charge in [-0.1, -0.05) is 0 Å². The van der Waals surface area contributed by atoms with E-state index in [1.54, 1.807) is 6.33 Å². The summed E-state index contributed by atoms with van der Waals surface area (Å²) in [4.78, 5) is 22.9. The van der Waals surface area contributed by atoms with E-state index in [0.29, 0.717) is 12.1 Å². The lowest BCUT2D eigenvalue weighted by Crippen LogP contribution is -2.46. The highest BCUT2D eigenvalue weighted by molar-refractivity contribution is 9.10. The summed E-state index contributed by atoms with van der Waals surface area (Å²) in [5.41, 5.74) is 2.92. The summed E-state index contributed by atoms with van der Waals surface area (Å²) in [6.45, 7) is 2.94. The van der Waals surface area contributed by atoms with Crippen LogP contribution in [0.3, 0.4) is 0 Å². The van der Waals surface area contributed by atoms with E-state index < -0.39 is 0 Å². The van der Waals surface area contributed by atoms with Crippen molar-refractivity contribution >= 4 is 32.9 Å². The lowest BCUT2D eigenvalue weighted by atomic mass is 10.2. The van der Waals surface area contributed by atoms with Gasteiger partial charge < -0.3 is 9.47 Å². The Kier molecular flexibility index (Phi) is 3.49. The number of hydrogen-bond acceptors (Lipinski definition) is 6. The molecule has 0 amide bonds. The van der Waals surface area contributed by atoms with Gasteiger partial charge in [-0.25, -0.2) is 15.0 Å². The molecule has 0 aromatic carbocycles. The van der Waals surface area contributed by atoms with Gasteiger partial charge in [0, 0.05) is 49.4 Å². The predicted octanol–water partition coefficient (Wildman–Crippen LogP) is 1.98. The van der Waals surface area contributed by atoms with Crippen LogP contribution in [-0.2, 0) is 13.6 Å². The zero-order valence-corrected chi connectivity index (χ0v) is 15.5. The Labute approximate surface area is 153 Å². The first-order valence-electron chi connectivity index (χ1n) is 8.42. The maximum absolute atomic E-state index is 4.54. The lowest BCUT2D eigenvalue weighted by Gasteiger charge is -2.34. The minimum atomic E-state index is 0.487. The SMILES string of the molecule is Cn1cnc2c(N3CC4CC3CN4Cc3ccc(Br)cn3)ncnc21. The summed E-state index contributed by atoms with van der Waals surface area (Å²) in [6.07, 6.45) is 6.50. The number of halogens is 1. The third-order valence-corrected chi connectivity index (χ3v) is 5.73. The summed E-state index contributed by atoms with van der Waals surface area (Å²) < 4.78 is 2.97. The van der Waals surface area contributed by atoms with Gasteiger partial charge in [0.25, 0.3) is 0 Å². The number of aryl methyl sites for hydroxylation is 1. The van der Waals surface area contributed by atoms with Crippen molar-refractivity contribution in [2.45, 2.75) is 25.0 Å². The first kappa shape index (κ1) is 15.2. The van der Waals surface area contributed by atoms with E-state index in [1.165, 1.54) is 6.42 Å². The smallest absolute Gasteiger partial charge is 0.165 e. The highest BCUT2D eigenvalue weighted by atomic mass is 79.9. The Morgan fingerprint density at radius 1 is 1.12 bits per heavy atom. The summed E-state index contributed by atoms with van der Waals surface area (Å²) >= 11 is 3.44. The molecule has 5 rings (SSSR count). The zero-order chi connectivity index (χ0) is 17.0. The van der Waals surface area contributed by atoms with Crippen molar-refractivity contribution < 1.29 is 0 Å². The van der Waals surface area contributed by atoms with E-state index in [-0.39, 0.29) is 0 Å². The van der Waals surface area contributed by atoms with Crippen LogP contribution in [0.25, 0.3) is 11.2 Å². The molecule has 3 aromatic heterocycles. The van der Waals surface area contributed by atoms with Crippen LogP contribution >= 0.6 is 15.9 Å². The van der Waals surface area contributed by atoms with E-state index in [4.69, 9.17) is 0 Å². The van der Waals surface area contributed by atoms with E-state index in [1.807, 2.05) is 24.1 Å². The van der Waals surface area contributed by atoms with Gasteiger partial charge in [-0.15, -0.1) is 0 Å². The Morgan fingerprint density at radius 3 is 2.80 bits per heavy atom. The molecule has 2 aliphatic heterocycles. The molecule has 5 heterocycles. The van der Waals surface area contributed by atoms with Crippen molar-refractivity contribution in [1.82, 2.24) is 29.4 Å². The van der Waals surface area contributed by atoms with Crippen molar-refractivity contribution in [2.75, 3.05) is 18.0 Å². The number of piperazine rings is 1. The molecule has 2 unspecified atom stereocenters. The molecule has 25 heavy (non-hydrogen) atoms. The molecular weight excluding hydrogens is 382 g/mol. The molecule has 8 heteroatoms. The molecule has 0 aliphatic carbocycles. The van der Waals surface area contributed by atoms with E-state index >= 15 is 0 Å². The average Bonchev–Trinajstić information content (AvgIpc) is 3.31. The van der Waals surface area contributed by atoms with Crippen molar-refractivity contribution in [3.8, 4) is 0 Å². The van der Waals surface area contributed by atoms with Gasteiger partial charge in [0.1, 0.15) is 6.33 Å². The highest BCUT2D eigenvalue weighted by Crippen LogP contribution is 2.36. The number of imidazole rings is 1. The molecule has 0 saturated carbocycles. The molecule has 0 spiro atoms. The van der Waals surface area contributed by atoms with Crippen LogP contribution in [0.15, 0.2) is 35.5 Å². The van der Waals surface area contributed by atoms with Crippen LogP contribution in [0, 0.1) is 0 Å². The first-order chi connectivity index (χ1) is 12.2. The van der Waals surface area contributed by atoms with Gasteiger partial charge in [-0.05, 0) is 34.5 Å². The number of nitrogens with zero attached hydrogens (tertiary/aromatic N) is 7. The minimum Gasteiger partial charge on any atom is -0.349 e. The number of hydrogen-bond donors (Lipinski definition) is 0. The van der Waals surface area contributed by atoms with E-state index in [0.717, 1.165) is 46.8 Å². The molecule has 3 aromatic rings. The van der Waals surface area contributed by atoms with Gasteiger partial charge in [-0.3, -0.25) is 9.88 Å². The quantitative estimate of drug-likeness (QED) is 0.670. The molecule has 2 saturated heterocycles. The van der Waals surface area contributed by atoms with Crippen LogP contribution < -0.4 is 4.90 Å². The van der Waals surface area contributed by atoms with Gasteiger partial charge in [0.15, 0.2) is 17.0 Å². The second-order valence-electron chi connectivity index (χ2n) is 6.82. The Bertz CT molecular complexity index is 922. The monoisotopic (exact) mass is 399 g/mol. The first-order valence-corrected chi connectivity index (χ1v) is 9.21. The maximum atomic E-state index is 4.54. The number of fused-ring (bicyclic) bond motifs is 3. The molecule has 2 atom stereocenters. The molecular formula is C17H18BrN7. The van der Waals surface area contributed by atoms with E-state index in [2.05, 4.69) is 57.8 Å². The molecule has 2 aliphatic rings. The predicted molar refractivity (Wildman–Crippen MR) is 98.2 cm³/mol. The minimum absolute atomic E-state index is 0.487. The largest absolute Gasteiger partial charge is 0.349 e. The Morgan fingerprint density at radius 2 is 2.04 bits per heavy atom. The molecule has 0 N–H and O–H groups in total. The molecule has 7 nitrogen and oxygen atoms in total. The van der Waals surface area contributed by atoms with Crippen molar-refractivity contribution in [1.29, 1.82) is 0 Å². The number of rotatable bonds is 3. The fourth-order valence-electron chi connectivity index (χ4n) is 4.05. The third-order valence-electron chi connectivity index (χ3n) is 5.26. The molecule has 2 fully saturated rings. The Balaban J connectivity index is 1.36. The van der Waals surface area contributed by atoms with Crippen LogP contribution in [0.1, 0.15) is 12.1 Å². The standard InChI is InChI=1S/C17H18BrN7/c1-23-10-22-15-16(23)20-9-21-17(15)25-8-13-4-14(25)7-24(13)6-12-3-2-11(18)5-19-12/h2-3,5,9-10,13-14H,4,6-8H2,1H3. The third kappa shape index (κ3) is 2.51. The number of likely N-dealkylation sites (tertiary alicyclic amines) is 1. The highest BCUT2D eigenvalue weighted by Gasteiger charge is 2.44. The van der Waals surface area contributed by atoms with Crippen molar-refractivity contribution in [3.05, 3.63) is 41.2 Å². The van der Waals surface area contributed by atoms with Crippen LogP contribution in [-0.4, -0.2) is 54.6 Å². The summed E-state index contributed by atoms with van der Waals surface area (Å²) in [7, 11) is 1.97. The van der Waals surface area contributed by atoms with Gasteiger partial charge >= 0.3 is 0 Å². The zero-order valence-electron chi connectivity index (χ0n) is 13.9. The number of pyridine rings is 1. The summed E-state index contributed by atoms with van der Waals surface area (Å²) in [5, 5.41) is 0. The fourth-order valence-corrected chi connectivity index (χ4v) is 4.29. The van der Waals surface area contributed by atoms with Crippen LogP contribution in [0.2, 0.25) is 0 Å². The topological polar surface area (TPSA) is 63.0 Å². The molecule has 0 radical (unpaired) electrons. The van der Waals surface area contributed by atoms with Crippen LogP contribution in [0.5, 0.6) is 0 Å². The molecule has 2 bridgehead atoms. The number of aromatic nitrogens is 5. The Hall–Kier alpha value is -2.06. The second-order valence-corrected chi connectivity index (χ2v) is 7.73. The van der Waals surface area contributed by atoms with Gasteiger partial charge in [-0.2, -0.15) is 0 Å². The summed E-state index contributed by atoms with van der Waals surface area (Å²) in [5.74, 6) is 0.972. The molecule has 128 valence electrons. The maximum Gasteiger partial charge on any atom is 0.165 e. The average molecular weight is 400 g/mol. The fraction of sp³-hybridized carbons (Fsp3) is 0.412. The van der Waals surface area contributed by atoms with Crippen molar-refractivity contribution in [3.63, 3.8) is 0 Å². The second kappa shape index (κ2) is 5.74. The number of anilines is 1. The van der Waals surface area contributed by atoms with E-state index in [9.17, 15) is 0 Å².